The highest BCUT2D eigenvalue weighted by Crippen LogP contribution is 2.48. The summed E-state index contributed by atoms with van der Waals surface area (Å²) in [5.41, 5.74) is 2.13. The Morgan fingerprint density at radius 3 is 3.04 bits per heavy atom. The molecule has 5 nitrogen and oxygen atoms in total. The van der Waals surface area contributed by atoms with Gasteiger partial charge in [-0.1, -0.05) is 12.1 Å². The van der Waals surface area contributed by atoms with E-state index in [1.165, 1.54) is 0 Å². The molecule has 0 aliphatic heterocycles. The third-order valence-electron chi connectivity index (χ3n) is 4.62. The Labute approximate surface area is 140 Å². The van der Waals surface area contributed by atoms with E-state index in [1.54, 1.807) is 6.26 Å². The number of furan rings is 1. The van der Waals surface area contributed by atoms with Crippen molar-refractivity contribution in [2.45, 2.75) is 32.2 Å². The van der Waals surface area contributed by atoms with E-state index in [0.717, 1.165) is 42.0 Å². The summed E-state index contributed by atoms with van der Waals surface area (Å²) in [5, 5.41) is 0. The molecule has 1 fully saturated rings. The fourth-order valence-corrected chi connectivity index (χ4v) is 3.25. The van der Waals surface area contributed by atoms with Crippen molar-refractivity contribution < 1.29 is 13.9 Å². The SMILES string of the molecule is Cc1nc2ccccc2n1CCCOC(=O)C1CC1c1ccco1. The fourth-order valence-electron chi connectivity index (χ4n) is 3.25. The number of fused-ring (bicyclic) bond motifs is 1. The van der Waals surface area contributed by atoms with Crippen LogP contribution in [0.25, 0.3) is 11.0 Å². The lowest BCUT2D eigenvalue weighted by atomic mass is 10.2. The van der Waals surface area contributed by atoms with Gasteiger partial charge in [0, 0.05) is 12.5 Å². The van der Waals surface area contributed by atoms with Crippen molar-refractivity contribution in [1.82, 2.24) is 9.55 Å². The smallest absolute Gasteiger partial charge is 0.309 e. The average molecular weight is 324 g/mol. The number of para-hydroxylation sites is 2. The maximum absolute atomic E-state index is 12.1. The van der Waals surface area contributed by atoms with E-state index in [1.807, 2.05) is 37.3 Å². The molecule has 0 amide bonds. The molecule has 1 aliphatic rings. The minimum absolute atomic E-state index is 0.0352. The lowest BCUT2D eigenvalue weighted by Gasteiger charge is -2.08. The third kappa shape index (κ3) is 2.82. The maximum Gasteiger partial charge on any atom is 0.309 e. The van der Waals surface area contributed by atoms with E-state index in [0.29, 0.717) is 6.61 Å². The molecule has 24 heavy (non-hydrogen) atoms. The molecule has 2 unspecified atom stereocenters. The van der Waals surface area contributed by atoms with Gasteiger partial charge in [-0.2, -0.15) is 0 Å². The first-order valence-electron chi connectivity index (χ1n) is 8.36. The number of imidazole rings is 1. The van der Waals surface area contributed by atoms with Crippen LogP contribution in [0.1, 0.15) is 30.3 Å². The van der Waals surface area contributed by atoms with Gasteiger partial charge in [0.25, 0.3) is 0 Å². The van der Waals surface area contributed by atoms with Crippen LogP contribution in [0.5, 0.6) is 0 Å². The van der Waals surface area contributed by atoms with Gasteiger partial charge >= 0.3 is 5.97 Å². The van der Waals surface area contributed by atoms with Crippen LogP contribution >= 0.6 is 0 Å². The number of ether oxygens (including phenoxy) is 1. The van der Waals surface area contributed by atoms with Gasteiger partial charge in [-0.3, -0.25) is 4.79 Å². The highest BCUT2D eigenvalue weighted by atomic mass is 16.5. The first-order valence-corrected chi connectivity index (χ1v) is 8.36. The summed E-state index contributed by atoms with van der Waals surface area (Å²) in [7, 11) is 0. The van der Waals surface area contributed by atoms with E-state index in [-0.39, 0.29) is 17.8 Å². The van der Waals surface area contributed by atoms with Gasteiger partial charge in [-0.25, -0.2) is 4.98 Å². The van der Waals surface area contributed by atoms with Crippen LogP contribution in [0.3, 0.4) is 0 Å². The van der Waals surface area contributed by atoms with Crippen LogP contribution in [-0.2, 0) is 16.1 Å². The van der Waals surface area contributed by atoms with Gasteiger partial charge in [0.1, 0.15) is 11.6 Å². The van der Waals surface area contributed by atoms with Gasteiger partial charge in [-0.05, 0) is 44.0 Å². The summed E-state index contributed by atoms with van der Waals surface area (Å²) in [6, 6.07) is 11.9. The Hall–Kier alpha value is -2.56. The predicted molar refractivity (Wildman–Crippen MR) is 89.6 cm³/mol. The molecule has 1 aromatic carbocycles. The number of hydrogen-bond acceptors (Lipinski definition) is 4. The third-order valence-corrected chi connectivity index (χ3v) is 4.62. The van der Waals surface area contributed by atoms with E-state index in [4.69, 9.17) is 9.15 Å². The van der Waals surface area contributed by atoms with Crippen molar-refractivity contribution in [3.63, 3.8) is 0 Å². The molecular weight excluding hydrogens is 304 g/mol. The second kappa shape index (κ2) is 6.15. The quantitative estimate of drug-likeness (QED) is 0.513. The zero-order valence-corrected chi connectivity index (χ0v) is 13.6. The van der Waals surface area contributed by atoms with Crippen LogP contribution in [-0.4, -0.2) is 22.1 Å². The minimum Gasteiger partial charge on any atom is -0.469 e. The van der Waals surface area contributed by atoms with E-state index in [9.17, 15) is 4.79 Å². The number of aromatic nitrogens is 2. The van der Waals surface area contributed by atoms with Crippen LogP contribution in [0, 0.1) is 12.8 Å². The molecule has 0 N–H and O–H groups in total. The molecule has 0 radical (unpaired) electrons. The van der Waals surface area contributed by atoms with Gasteiger partial charge in [0.2, 0.25) is 0 Å². The molecule has 2 heterocycles. The Morgan fingerprint density at radius 2 is 2.21 bits per heavy atom. The molecule has 3 aromatic rings. The van der Waals surface area contributed by atoms with Crippen molar-refractivity contribution in [3.8, 4) is 0 Å². The van der Waals surface area contributed by atoms with Gasteiger partial charge in [0.05, 0.1) is 29.8 Å². The molecular formula is C19H20N2O3. The summed E-state index contributed by atoms with van der Waals surface area (Å²) < 4.78 is 13.0. The first kappa shape index (κ1) is 15.0. The Balaban J connectivity index is 1.27. The summed E-state index contributed by atoms with van der Waals surface area (Å²) in [6.45, 7) is 3.24. The number of hydrogen-bond donors (Lipinski definition) is 0. The predicted octanol–water partition coefficient (Wildman–Crippen LogP) is 3.67. The van der Waals surface area contributed by atoms with E-state index in [2.05, 4.69) is 15.6 Å². The number of carbonyl (C=O) groups excluding carboxylic acids is 1. The van der Waals surface area contributed by atoms with Crippen LogP contribution in [0.2, 0.25) is 0 Å². The Bertz CT molecular complexity index is 851. The normalized spacial score (nSPS) is 19.5. The molecule has 0 bridgehead atoms. The van der Waals surface area contributed by atoms with Crippen LogP contribution < -0.4 is 0 Å². The second-order valence-electron chi connectivity index (χ2n) is 6.28. The summed E-state index contributed by atoms with van der Waals surface area (Å²) in [5.74, 6) is 1.93. The highest BCUT2D eigenvalue weighted by molar-refractivity contribution is 5.77. The van der Waals surface area contributed by atoms with E-state index >= 15 is 0 Å². The monoisotopic (exact) mass is 324 g/mol. The molecule has 0 saturated heterocycles. The van der Waals surface area contributed by atoms with Gasteiger partial charge < -0.3 is 13.7 Å². The number of aryl methyl sites for hydroxylation is 2. The number of esters is 1. The summed E-state index contributed by atoms with van der Waals surface area (Å²) in [6.07, 6.45) is 3.26. The molecule has 2 aromatic heterocycles. The molecule has 1 saturated carbocycles. The Kier molecular flexibility index (Phi) is 3.84. The van der Waals surface area contributed by atoms with E-state index < -0.39 is 0 Å². The first-order chi connectivity index (χ1) is 11.7. The second-order valence-corrected chi connectivity index (χ2v) is 6.28. The standard InChI is InChI=1S/C19H20N2O3/c1-13-20-16-6-2-3-7-17(16)21(13)9-5-11-24-19(22)15-12-14(15)18-8-4-10-23-18/h2-4,6-8,10,14-15H,5,9,11-12H2,1H3. The lowest BCUT2D eigenvalue weighted by molar-refractivity contribution is -0.145. The van der Waals surface area contributed by atoms with Crippen molar-refractivity contribution >= 4 is 17.0 Å². The van der Waals surface area contributed by atoms with Crippen LogP contribution in [0.4, 0.5) is 0 Å². The number of carbonyl (C=O) groups is 1. The van der Waals surface area contributed by atoms with Crippen LogP contribution in [0.15, 0.2) is 47.1 Å². The fraction of sp³-hybridized carbons (Fsp3) is 0.368. The molecule has 4 rings (SSSR count). The number of benzene rings is 1. The average Bonchev–Trinajstić information content (AvgIpc) is 3.07. The topological polar surface area (TPSA) is 57.3 Å². The zero-order chi connectivity index (χ0) is 16.5. The Morgan fingerprint density at radius 1 is 1.33 bits per heavy atom. The number of nitrogens with zero attached hydrogens (tertiary/aromatic N) is 2. The number of rotatable bonds is 6. The van der Waals surface area contributed by atoms with Crippen molar-refractivity contribution in [1.29, 1.82) is 0 Å². The summed E-state index contributed by atoms with van der Waals surface area (Å²) >= 11 is 0. The van der Waals surface area contributed by atoms with Crippen molar-refractivity contribution in [3.05, 3.63) is 54.2 Å². The van der Waals surface area contributed by atoms with Gasteiger partial charge in [-0.15, -0.1) is 0 Å². The molecule has 0 spiro atoms. The highest BCUT2D eigenvalue weighted by Gasteiger charge is 2.47. The van der Waals surface area contributed by atoms with Crippen molar-refractivity contribution in [2.75, 3.05) is 6.61 Å². The lowest BCUT2D eigenvalue weighted by Crippen LogP contribution is -2.11. The van der Waals surface area contributed by atoms with Crippen molar-refractivity contribution in [2.24, 2.45) is 5.92 Å². The summed E-state index contributed by atoms with van der Waals surface area (Å²) in [4.78, 5) is 16.6. The largest absolute Gasteiger partial charge is 0.469 e. The molecule has 124 valence electrons. The molecule has 1 aliphatic carbocycles. The molecule has 5 heteroatoms. The minimum atomic E-state index is -0.108. The zero-order valence-electron chi connectivity index (χ0n) is 13.6. The van der Waals surface area contributed by atoms with Gasteiger partial charge in [0.15, 0.2) is 0 Å². The maximum atomic E-state index is 12.1. The molecule has 2 atom stereocenters.